The molecular formula is C22H20O5. The zero-order valence-corrected chi connectivity index (χ0v) is 15.1. The van der Waals surface area contributed by atoms with Crippen LogP contribution in [0.5, 0.6) is 11.5 Å². The molecule has 1 aromatic heterocycles. The minimum atomic E-state index is -0.431. The van der Waals surface area contributed by atoms with Gasteiger partial charge in [-0.05, 0) is 54.7 Å². The molecule has 0 aliphatic heterocycles. The average molecular weight is 364 g/mol. The van der Waals surface area contributed by atoms with Crippen LogP contribution >= 0.6 is 0 Å². The van der Waals surface area contributed by atoms with Gasteiger partial charge in [-0.2, -0.15) is 0 Å². The Labute approximate surface area is 156 Å². The minimum Gasteiger partial charge on any atom is -0.497 e. The number of rotatable bonds is 4. The number of ketones is 1. The fourth-order valence-corrected chi connectivity index (χ4v) is 3.47. The Morgan fingerprint density at radius 2 is 1.74 bits per heavy atom. The van der Waals surface area contributed by atoms with E-state index in [4.69, 9.17) is 13.9 Å². The highest BCUT2D eigenvalue weighted by atomic mass is 16.5. The molecular weight excluding hydrogens is 344 g/mol. The number of ether oxygens (including phenoxy) is 2. The van der Waals surface area contributed by atoms with Crippen LogP contribution in [0.2, 0.25) is 0 Å². The van der Waals surface area contributed by atoms with Gasteiger partial charge in [-0.25, -0.2) is 4.79 Å². The minimum absolute atomic E-state index is 0.134. The molecule has 1 fully saturated rings. The predicted molar refractivity (Wildman–Crippen MR) is 102 cm³/mol. The van der Waals surface area contributed by atoms with Crippen molar-refractivity contribution in [1.82, 2.24) is 0 Å². The molecule has 1 heterocycles. The highest BCUT2D eigenvalue weighted by Gasteiger charge is 2.24. The molecule has 4 rings (SSSR count). The third-order valence-corrected chi connectivity index (χ3v) is 4.89. The van der Waals surface area contributed by atoms with Crippen molar-refractivity contribution in [3.05, 3.63) is 59.0 Å². The Bertz CT molecular complexity index is 1030. The number of hydrogen-bond acceptors (Lipinski definition) is 5. The van der Waals surface area contributed by atoms with Crippen LogP contribution in [-0.2, 0) is 4.79 Å². The Kier molecular flexibility index (Phi) is 4.67. The molecule has 0 amide bonds. The van der Waals surface area contributed by atoms with Crippen LogP contribution in [0.4, 0.5) is 0 Å². The van der Waals surface area contributed by atoms with Gasteiger partial charge in [0.2, 0.25) is 0 Å². The monoisotopic (exact) mass is 364 g/mol. The van der Waals surface area contributed by atoms with Crippen LogP contribution in [0.1, 0.15) is 25.7 Å². The quantitative estimate of drug-likeness (QED) is 0.644. The highest BCUT2D eigenvalue weighted by Crippen LogP contribution is 2.31. The summed E-state index contributed by atoms with van der Waals surface area (Å²) in [5.41, 5.74) is 1.68. The number of hydrogen-bond donors (Lipinski definition) is 0. The first-order chi connectivity index (χ1) is 13.1. The van der Waals surface area contributed by atoms with Crippen molar-refractivity contribution in [2.24, 2.45) is 0 Å². The molecule has 3 aromatic rings. The van der Waals surface area contributed by atoms with E-state index in [9.17, 15) is 9.59 Å². The Morgan fingerprint density at radius 3 is 2.48 bits per heavy atom. The molecule has 0 unspecified atom stereocenters. The lowest BCUT2D eigenvalue weighted by atomic mass is 9.96. The van der Waals surface area contributed by atoms with E-state index in [1.54, 1.807) is 13.2 Å². The largest absolute Gasteiger partial charge is 0.497 e. The van der Waals surface area contributed by atoms with Crippen LogP contribution in [0.15, 0.2) is 57.7 Å². The van der Waals surface area contributed by atoms with Crippen molar-refractivity contribution in [3.8, 4) is 22.6 Å². The van der Waals surface area contributed by atoms with Crippen LogP contribution in [0.25, 0.3) is 22.1 Å². The first kappa shape index (κ1) is 17.3. The van der Waals surface area contributed by atoms with Crippen molar-refractivity contribution in [2.45, 2.75) is 31.8 Å². The number of fused-ring (bicyclic) bond motifs is 1. The summed E-state index contributed by atoms with van der Waals surface area (Å²) in [5.74, 6) is 1.42. The summed E-state index contributed by atoms with van der Waals surface area (Å²) in [6, 6.07) is 14.3. The van der Waals surface area contributed by atoms with Crippen LogP contribution in [0, 0.1) is 0 Å². The molecule has 0 bridgehead atoms. The number of benzene rings is 2. The highest BCUT2D eigenvalue weighted by molar-refractivity contribution is 5.94. The lowest BCUT2D eigenvalue weighted by Gasteiger charge is -2.21. The molecule has 1 aliphatic rings. The Morgan fingerprint density at radius 1 is 0.963 bits per heavy atom. The molecule has 0 radical (unpaired) electrons. The molecule has 27 heavy (non-hydrogen) atoms. The zero-order chi connectivity index (χ0) is 18.8. The first-order valence-corrected chi connectivity index (χ1v) is 9.06. The van der Waals surface area contributed by atoms with Crippen molar-refractivity contribution in [3.63, 3.8) is 0 Å². The normalized spacial score (nSPS) is 17.1. The predicted octanol–water partition coefficient (Wildman–Crippen LogP) is 4.36. The lowest BCUT2D eigenvalue weighted by molar-refractivity contribution is -0.127. The molecule has 1 atom stereocenters. The van der Waals surface area contributed by atoms with Crippen LogP contribution < -0.4 is 15.1 Å². The van der Waals surface area contributed by atoms with Crippen LogP contribution in [-0.4, -0.2) is 19.0 Å². The third kappa shape index (κ3) is 3.58. The SMILES string of the molecule is COc1ccc(-c2cc(=O)oc3cc(O[C@H]4CCCCC4=O)ccc23)cc1. The maximum Gasteiger partial charge on any atom is 0.336 e. The summed E-state index contributed by atoms with van der Waals surface area (Å²) in [6.07, 6.45) is 2.80. The van der Waals surface area contributed by atoms with Crippen molar-refractivity contribution in [2.75, 3.05) is 7.11 Å². The van der Waals surface area contributed by atoms with Gasteiger partial charge in [0.15, 0.2) is 11.9 Å². The average Bonchev–Trinajstić information content (AvgIpc) is 2.69. The molecule has 138 valence electrons. The van der Waals surface area contributed by atoms with E-state index in [1.165, 1.54) is 6.07 Å². The van der Waals surface area contributed by atoms with E-state index in [-0.39, 0.29) is 5.78 Å². The van der Waals surface area contributed by atoms with E-state index < -0.39 is 11.7 Å². The second-order valence-corrected chi connectivity index (χ2v) is 6.68. The van der Waals surface area contributed by atoms with Crippen molar-refractivity contribution >= 4 is 16.8 Å². The van der Waals surface area contributed by atoms with Gasteiger partial charge >= 0.3 is 5.63 Å². The lowest BCUT2D eigenvalue weighted by Crippen LogP contribution is -2.30. The second-order valence-electron chi connectivity index (χ2n) is 6.68. The summed E-state index contributed by atoms with van der Waals surface area (Å²) < 4.78 is 16.4. The van der Waals surface area contributed by atoms with Gasteiger partial charge in [-0.15, -0.1) is 0 Å². The Hall–Kier alpha value is -3.08. The van der Waals surface area contributed by atoms with E-state index in [1.807, 2.05) is 36.4 Å². The van der Waals surface area contributed by atoms with Gasteiger partial charge in [0.1, 0.15) is 17.1 Å². The topological polar surface area (TPSA) is 65.7 Å². The van der Waals surface area contributed by atoms with Crippen molar-refractivity contribution in [1.29, 1.82) is 0 Å². The standard InChI is InChI=1S/C22H20O5/c1-25-15-8-6-14(7-9-15)18-13-22(24)27-21-12-16(10-11-17(18)21)26-20-5-3-2-4-19(20)23/h6-13,20H,2-5H2,1H3/t20-/m0/s1. The molecule has 0 saturated heterocycles. The molecule has 1 saturated carbocycles. The number of carbonyl (C=O) groups is 1. The van der Waals surface area contributed by atoms with Gasteiger partial charge < -0.3 is 13.9 Å². The first-order valence-electron chi connectivity index (χ1n) is 9.06. The summed E-state index contributed by atoms with van der Waals surface area (Å²) >= 11 is 0. The van der Waals surface area contributed by atoms with Crippen LogP contribution in [0.3, 0.4) is 0 Å². The number of methoxy groups -OCH3 is 1. The van der Waals surface area contributed by atoms with Gasteiger partial charge in [0.25, 0.3) is 0 Å². The van der Waals surface area contributed by atoms with Gasteiger partial charge in [-0.3, -0.25) is 4.79 Å². The summed E-state index contributed by atoms with van der Waals surface area (Å²) in [4.78, 5) is 24.1. The summed E-state index contributed by atoms with van der Waals surface area (Å²) in [6.45, 7) is 0. The zero-order valence-electron chi connectivity index (χ0n) is 15.1. The van der Waals surface area contributed by atoms with Gasteiger partial charge in [0.05, 0.1) is 7.11 Å². The van der Waals surface area contributed by atoms with Gasteiger partial charge in [0, 0.05) is 23.9 Å². The van der Waals surface area contributed by atoms with E-state index >= 15 is 0 Å². The molecule has 1 aliphatic carbocycles. The fourth-order valence-electron chi connectivity index (χ4n) is 3.47. The molecule has 5 nitrogen and oxygen atoms in total. The van der Waals surface area contributed by atoms with Gasteiger partial charge in [-0.1, -0.05) is 12.1 Å². The number of Topliss-reactive ketones (excluding diaryl/α,β-unsaturated/α-hetero) is 1. The summed E-state index contributed by atoms with van der Waals surface area (Å²) in [5, 5.41) is 0.807. The van der Waals surface area contributed by atoms with E-state index in [0.717, 1.165) is 41.5 Å². The Balaban J connectivity index is 1.71. The number of carbonyl (C=O) groups excluding carboxylic acids is 1. The molecule has 0 N–H and O–H groups in total. The fraction of sp³-hybridized carbons (Fsp3) is 0.273. The molecule has 5 heteroatoms. The molecule has 2 aromatic carbocycles. The maximum absolute atomic E-state index is 12.1. The second kappa shape index (κ2) is 7.27. The summed E-state index contributed by atoms with van der Waals surface area (Å²) in [7, 11) is 1.61. The van der Waals surface area contributed by atoms with Crippen molar-refractivity contribution < 1.29 is 18.7 Å². The smallest absolute Gasteiger partial charge is 0.336 e. The third-order valence-electron chi connectivity index (χ3n) is 4.89. The van der Waals surface area contributed by atoms with E-state index in [0.29, 0.717) is 17.8 Å². The van der Waals surface area contributed by atoms with E-state index in [2.05, 4.69) is 0 Å². The maximum atomic E-state index is 12.1. The molecule has 0 spiro atoms.